The molecule has 1 heteroatoms. The van der Waals surface area contributed by atoms with Crippen molar-refractivity contribution in [3.63, 3.8) is 0 Å². The maximum atomic E-state index is 5.41. The van der Waals surface area contributed by atoms with Gasteiger partial charge in [0, 0.05) is 10.9 Å². The van der Waals surface area contributed by atoms with Crippen LogP contribution in [0.1, 0.15) is 12.5 Å². The number of hydrogen-bond donors (Lipinski definition) is 0. The molecule has 0 saturated carbocycles. The van der Waals surface area contributed by atoms with Gasteiger partial charge in [0.05, 0.1) is 6.26 Å². The molecule has 0 saturated heterocycles. The van der Waals surface area contributed by atoms with Gasteiger partial charge in [-0.3, -0.25) is 0 Å². The molecule has 0 aliphatic rings. The van der Waals surface area contributed by atoms with Crippen molar-refractivity contribution in [2.45, 2.75) is 13.3 Å². The number of rotatable bonds is 2. The van der Waals surface area contributed by atoms with Gasteiger partial charge in [-0.2, -0.15) is 0 Å². The average Bonchev–Trinajstić information content (AvgIpc) is 2.58. The van der Waals surface area contributed by atoms with E-state index in [2.05, 4.69) is 18.2 Å². The molecule has 0 bridgehead atoms. The van der Waals surface area contributed by atoms with Crippen LogP contribution < -0.4 is 0 Å². The molecule has 0 atom stereocenters. The van der Waals surface area contributed by atoms with Gasteiger partial charge in [0.1, 0.15) is 5.58 Å². The lowest BCUT2D eigenvalue weighted by Gasteiger charge is -1.90. The van der Waals surface area contributed by atoms with Crippen LogP contribution in [0.4, 0.5) is 0 Å². The summed E-state index contributed by atoms with van der Waals surface area (Å²) in [6.45, 7) is 2.03. The van der Waals surface area contributed by atoms with Crippen molar-refractivity contribution < 1.29 is 4.42 Å². The van der Waals surface area contributed by atoms with Crippen LogP contribution in [0.15, 0.2) is 47.1 Å². The molecular weight excluding hydrogens is 160 g/mol. The van der Waals surface area contributed by atoms with Crippen molar-refractivity contribution in [2.75, 3.05) is 0 Å². The van der Waals surface area contributed by atoms with Crippen molar-refractivity contribution in [2.24, 2.45) is 0 Å². The van der Waals surface area contributed by atoms with Gasteiger partial charge in [0.2, 0.25) is 0 Å². The third-order valence-corrected chi connectivity index (χ3v) is 2.13. The van der Waals surface area contributed by atoms with E-state index in [1.165, 1.54) is 10.9 Å². The van der Waals surface area contributed by atoms with Gasteiger partial charge < -0.3 is 4.42 Å². The minimum atomic E-state index is 0.952. The molecule has 13 heavy (non-hydrogen) atoms. The van der Waals surface area contributed by atoms with Gasteiger partial charge in [-0.25, -0.2) is 0 Å². The van der Waals surface area contributed by atoms with Crippen molar-refractivity contribution in [3.05, 3.63) is 48.2 Å². The molecule has 2 rings (SSSR count). The van der Waals surface area contributed by atoms with E-state index in [0.29, 0.717) is 0 Å². The Morgan fingerprint density at radius 3 is 3.00 bits per heavy atom. The number of allylic oxidation sites excluding steroid dienone is 2. The van der Waals surface area contributed by atoms with Gasteiger partial charge in [-0.15, -0.1) is 0 Å². The number of benzene rings is 1. The molecule has 0 spiro atoms. The van der Waals surface area contributed by atoms with Gasteiger partial charge in [0.25, 0.3) is 0 Å². The van der Waals surface area contributed by atoms with E-state index in [1.807, 2.05) is 31.4 Å². The Kier molecular flexibility index (Phi) is 2.17. The number of para-hydroxylation sites is 1. The molecule has 66 valence electrons. The van der Waals surface area contributed by atoms with E-state index < -0.39 is 0 Å². The van der Waals surface area contributed by atoms with E-state index in [4.69, 9.17) is 4.42 Å². The Bertz CT molecular complexity index is 423. The van der Waals surface area contributed by atoms with Crippen LogP contribution in [0, 0.1) is 0 Å². The predicted molar refractivity (Wildman–Crippen MR) is 54.7 cm³/mol. The maximum Gasteiger partial charge on any atom is 0.134 e. The smallest absolute Gasteiger partial charge is 0.134 e. The summed E-state index contributed by atoms with van der Waals surface area (Å²) in [5, 5.41) is 1.22. The molecule has 0 fully saturated rings. The highest BCUT2D eigenvalue weighted by Crippen LogP contribution is 2.20. The van der Waals surface area contributed by atoms with Crippen LogP contribution >= 0.6 is 0 Å². The van der Waals surface area contributed by atoms with E-state index in [1.54, 1.807) is 0 Å². The predicted octanol–water partition coefficient (Wildman–Crippen LogP) is 3.55. The highest BCUT2D eigenvalue weighted by molar-refractivity contribution is 5.80. The van der Waals surface area contributed by atoms with Crippen LogP contribution in [-0.4, -0.2) is 0 Å². The zero-order valence-corrected chi connectivity index (χ0v) is 7.66. The first kappa shape index (κ1) is 8.11. The zero-order valence-electron chi connectivity index (χ0n) is 7.66. The summed E-state index contributed by atoms with van der Waals surface area (Å²) in [5.41, 5.74) is 2.23. The van der Waals surface area contributed by atoms with E-state index in [0.717, 1.165) is 12.0 Å². The van der Waals surface area contributed by atoms with Gasteiger partial charge in [-0.05, 0) is 19.4 Å². The molecule has 0 amide bonds. The lowest BCUT2D eigenvalue weighted by atomic mass is 10.1. The summed E-state index contributed by atoms with van der Waals surface area (Å²) in [6.07, 6.45) is 6.98. The first-order valence-corrected chi connectivity index (χ1v) is 4.48. The molecule has 0 aliphatic heterocycles. The van der Waals surface area contributed by atoms with E-state index >= 15 is 0 Å². The van der Waals surface area contributed by atoms with Crippen LogP contribution in [0.3, 0.4) is 0 Å². The molecule has 0 radical (unpaired) electrons. The molecule has 0 unspecified atom stereocenters. The maximum absolute atomic E-state index is 5.41. The Balaban J connectivity index is 2.45. The molecule has 1 heterocycles. The quantitative estimate of drug-likeness (QED) is 0.631. The largest absolute Gasteiger partial charge is 0.464 e. The Hall–Kier alpha value is -1.50. The highest BCUT2D eigenvalue weighted by Gasteiger charge is 2.01. The standard InChI is InChI=1S/C12H12O/c1-2-3-6-10-9-13-12-8-5-4-7-11(10)12/h2-5,7-9H,6H2,1H3/b3-2+. The van der Waals surface area contributed by atoms with Crippen LogP contribution in [-0.2, 0) is 6.42 Å². The first-order valence-electron chi connectivity index (χ1n) is 4.48. The fraction of sp³-hybridized carbons (Fsp3) is 0.167. The molecule has 1 aromatic carbocycles. The molecule has 1 nitrogen and oxygen atoms in total. The highest BCUT2D eigenvalue weighted by atomic mass is 16.3. The second-order valence-corrected chi connectivity index (χ2v) is 3.03. The lowest BCUT2D eigenvalue weighted by molar-refractivity contribution is 0.612. The summed E-state index contributed by atoms with van der Waals surface area (Å²) >= 11 is 0. The van der Waals surface area contributed by atoms with E-state index in [9.17, 15) is 0 Å². The summed E-state index contributed by atoms with van der Waals surface area (Å²) in [5.74, 6) is 0. The normalized spacial score (nSPS) is 11.5. The summed E-state index contributed by atoms with van der Waals surface area (Å²) < 4.78 is 5.41. The van der Waals surface area contributed by atoms with Gasteiger partial charge >= 0.3 is 0 Å². The van der Waals surface area contributed by atoms with Gasteiger partial charge in [0.15, 0.2) is 0 Å². The third kappa shape index (κ3) is 1.50. The minimum absolute atomic E-state index is 0.952. The molecule has 2 aromatic rings. The fourth-order valence-corrected chi connectivity index (χ4v) is 1.44. The molecule has 0 N–H and O–H groups in total. The second-order valence-electron chi connectivity index (χ2n) is 3.03. The van der Waals surface area contributed by atoms with Crippen LogP contribution in [0.2, 0.25) is 0 Å². The number of fused-ring (bicyclic) bond motifs is 1. The summed E-state index contributed by atoms with van der Waals surface area (Å²) in [7, 11) is 0. The first-order chi connectivity index (χ1) is 6.42. The lowest BCUT2D eigenvalue weighted by Crippen LogP contribution is -1.75. The Morgan fingerprint density at radius 2 is 2.15 bits per heavy atom. The van der Waals surface area contributed by atoms with Crippen LogP contribution in [0.5, 0.6) is 0 Å². The summed E-state index contributed by atoms with van der Waals surface area (Å²) in [4.78, 5) is 0. The third-order valence-electron chi connectivity index (χ3n) is 2.13. The Labute approximate surface area is 77.7 Å². The van der Waals surface area contributed by atoms with Gasteiger partial charge in [-0.1, -0.05) is 30.4 Å². The Morgan fingerprint density at radius 1 is 1.31 bits per heavy atom. The average molecular weight is 172 g/mol. The van der Waals surface area contributed by atoms with Crippen molar-refractivity contribution in [1.82, 2.24) is 0 Å². The second kappa shape index (κ2) is 3.48. The number of furan rings is 1. The number of hydrogen-bond acceptors (Lipinski definition) is 1. The SMILES string of the molecule is C/C=C/Cc1coc2ccccc12. The van der Waals surface area contributed by atoms with Crippen LogP contribution in [0.25, 0.3) is 11.0 Å². The summed E-state index contributed by atoms with van der Waals surface area (Å²) in [6, 6.07) is 8.12. The molecule has 0 aliphatic carbocycles. The minimum Gasteiger partial charge on any atom is -0.464 e. The van der Waals surface area contributed by atoms with E-state index in [-0.39, 0.29) is 0 Å². The van der Waals surface area contributed by atoms with Crippen molar-refractivity contribution in [3.8, 4) is 0 Å². The zero-order chi connectivity index (χ0) is 9.10. The monoisotopic (exact) mass is 172 g/mol. The molecular formula is C12H12O. The molecule has 1 aromatic heterocycles. The topological polar surface area (TPSA) is 13.1 Å². The van der Waals surface area contributed by atoms with Crippen molar-refractivity contribution >= 4 is 11.0 Å². The fourth-order valence-electron chi connectivity index (χ4n) is 1.44. The van der Waals surface area contributed by atoms with Crippen molar-refractivity contribution in [1.29, 1.82) is 0 Å².